The number of ether oxygens (including phenoxy) is 1. The second kappa shape index (κ2) is 9.19. The number of rotatable bonds is 6. The van der Waals surface area contributed by atoms with Crippen LogP contribution in [-0.2, 0) is 9.59 Å². The Bertz CT molecular complexity index is 1120. The maximum atomic E-state index is 13.6. The van der Waals surface area contributed by atoms with Crippen molar-refractivity contribution in [1.82, 2.24) is 10.0 Å². The van der Waals surface area contributed by atoms with Crippen molar-refractivity contribution in [3.63, 3.8) is 0 Å². The van der Waals surface area contributed by atoms with E-state index in [1.807, 2.05) is 12.2 Å². The van der Waals surface area contributed by atoms with Crippen LogP contribution in [0.15, 0.2) is 60.7 Å². The number of carbonyl (C=O) groups is 4. The first-order valence-electron chi connectivity index (χ1n) is 10.6. The van der Waals surface area contributed by atoms with E-state index in [1.165, 1.54) is 20.1 Å². The number of amides is 3. The maximum Gasteiger partial charge on any atom is 0.275 e. The van der Waals surface area contributed by atoms with Crippen molar-refractivity contribution in [1.29, 1.82) is 0 Å². The number of hydrazine groups is 1. The SMILES string of the molecule is COc1ccc(C(=O)[C@@H](C)N(C(=O)c2ccccc2Cl)N2C(=O)[C@H]3CC=CC[C@H]3C2=O)cc1. The summed E-state index contributed by atoms with van der Waals surface area (Å²) in [6, 6.07) is 11.6. The quantitative estimate of drug-likeness (QED) is 0.366. The van der Waals surface area contributed by atoms with Crippen molar-refractivity contribution >= 4 is 35.1 Å². The number of allylic oxidation sites excluding steroid dienone is 2. The number of imide groups is 1. The van der Waals surface area contributed by atoms with Gasteiger partial charge in [-0.3, -0.25) is 19.2 Å². The molecule has 1 aliphatic carbocycles. The van der Waals surface area contributed by atoms with E-state index in [0.29, 0.717) is 24.2 Å². The molecule has 0 saturated carbocycles. The van der Waals surface area contributed by atoms with Gasteiger partial charge in [-0.2, -0.15) is 5.01 Å². The van der Waals surface area contributed by atoms with E-state index in [2.05, 4.69) is 0 Å². The molecular weight excluding hydrogens is 444 g/mol. The Kier molecular flexibility index (Phi) is 6.33. The molecule has 8 heteroatoms. The van der Waals surface area contributed by atoms with Gasteiger partial charge in [0.05, 0.1) is 29.5 Å². The van der Waals surface area contributed by atoms with Crippen molar-refractivity contribution in [3.8, 4) is 5.75 Å². The zero-order valence-corrected chi connectivity index (χ0v) is 19.0. The van der Waals surface area contributed by atoms with E-state index in [9.17, 15) is 19.2 Å². The van der Waals surface area contributed by atoms with Crippen LogP contribution in [0.5, 0.6) is 5.75 Å². The molecule has 0 unspecified atom stereocenters. The van der Waals surface area contributed by atoms with Crippen LogP contribution in [-0.4, -0.2) is 46.7 Å². The van der Waals surface area contributed by atoms with Crippen LogP contribution in [0.3, 0.4) is 0 Å². The summed E-state index contributed by atoms with van der Waals surface area (Å²) in [4.78, 5) is 53.5. The summed E-state index contributed by atoms with van der Waals surface area (Å²) in [6.07, 6.45) is 4.56. The maximum absolute atomic E-state index is 13.6. The molecule has 33 heavy (non-hydrogen) atoms. The van der Waals surface area contributed by atoms with E-state index in [4.69, 9.17) is 16.3 Å². The molecule has 2 aromatic carbocycles. The Morgan fingerprint density at radius 3 is 2.12 bits per heavy atom. The summed E-state index contributed by atoms with van der Waals surface area (Å²) in [5.74, 6) is -2.60. The number of methoxy groups -OCH3 is 1. The van der Waals surface area contributed by atoms with E-state index in [-0.39, 0.29) is 10.6 Å². The average molecular weight is 467 g/mol. The van der Waals surface area contributed by atoms with Crippen LogP contribution in [0.25, 0.3) is 0 Å². The van der Waals surface area contributed by atoms with Crippen LogP contribution in [0.2, 0.25) is 5.02 Å². The Labute approximate surface area is 196 Å². The third-order valence-electron chi connectivity index (χ3n) is 6.13. The molecule has 1 fully saturated rings. The number of fused-ring (bicyclic) bond motifs is 1. The van der Waals surface area contributed by atoms with Gasteiger partial charge in [0.25, 0.3) is 17.7 Å². The van der Waals surface area contributed by atoms with Gasteiger partial charge in [0.15, 0.2) is 5.78 Å². The summed E-state index contributed by atoms with van der Waals surface area (Å²) in [7, 11) is 1.52. The van der Waals surface area contributed by atoms with Gasteiger partial charge < -0.3 is 4.74 Å². The molecule has 2 aromatic rings. The van der Waals surface area contributed by atoms with Gasteiger partial charge in [-0.05, 0) is 56.2 Å². The smallest absolute Gasteiger partial charge is 0.275 e. The average Bonchev–Trinajstić information content (AvgIpc) is 3.09. The Balaban J connectivity index is 1.75. The fourth-order valence-electron chi connectivity index (χ4n) is 4.30. The molecule has 170 valence electrons. The van der Waals surface area contributed by atoms with Crippen molar-refractivity contribution in [2.75, 3.05) is 7.11 Å². The van der Waals surface area contributed by atoms with Gasteiger partial charge in [0, 0.05) is 5.56 Å². The number of Topliss-reactive ketones (excluding diaryl/α,β-unsaturated/α-hetero) is 1. The van der Waals surface area contributed by atoms with Crippen molar-refractivity contribution in [3.05, 3.63) is 76.8 Å². The highest BCUT2D eigenvalue weighted by atomic mass is 35.5. The number of carbonyl (C=O) groups excluding carboxylic acids is 4. The predicted molar refractivity (Wildman–Crippen MR) is 122 cm³/mol. The molecule has 7 nitrogen and oxygen atoms in total. The molecule has 3 amide bonds. The fraction of sp³-hybridized carbons (Fsp3) is 0.280. The van der Waals surface area contributed by atoms with Gasteiger partial charge in [-0.1, -0.05) is 35.9 Å². The molecular formula is C25H23ClN2O5. The first-order valence-corrected chi connectivity index (χ1v) is 11.0. The molecule has 1 heterocycles. The molecule has 0 aromatic heterocycles. The van der Waals surface area contributed by atoms with Crippen LogP contribution < -0.4 is 4.74 Å². The normalized spacial score (nSPS) is 20.4. The number of nitrogens with zero attached hydrogens (tertiary/aromatic N) is 2. The van der Waals surface area contributed by atoms with E-state index >= 15 is 0 Å². The lowest BCUT2D eigenvalue weighted by atomic mass is 9.85. The summed E-state index contributed by atoms with van der Waals surface area (Å²) in [6.45, 7) is 1.50. The van der Waals surface area contributed by atoms with Crippen molar-refractivity contribution < 1.29 is 23.9 Å². The number of halogens is 1. The molecule has 2 aliphatic rings. The number of benzene rings is 2. The monoisotopic (exact) mass is 466 g/mol. The van der Waals surface area contributed by atoms with Gasteiger partial charge in [0.1, 0.15) is 11.8 Å². The second-order valence-electron chi connectivity index (χ2n) is 8.04. The largest absolute Gasteiger partial charge is 0.497 e. The Hall–Kier alpha value is -3.45. The van der Waals surface area contributed by atoms with Crippen LogP contribution >= 0.6 is 11.6 Å². The minimum Gasteiger partial charge on any atom is -0.497 e. The molecule has 0 N–H and O–H groups in total. The summed E-state index contributed by atoms with van der Waals surface area (Å²) >= 11 is 6.25. The molecule has 1 saturated heterocycles. The molecule has 3 atom stereocenters. The number of hydrogen-bond donors (Lipinski definition) is 0. The van der Waals surface area contributed by atoms with E-state index in [1.54, 1.807) is 42.5 Å². The second-order valence-corrected chi connectivity index (χ2v) is 8.45. The van der Waals surface area contributed by atoms with Gasteiger partial charge in [0.2, 0.25) is 0 Å². The molecule has 0 bridgehead atoms. The van der Waals surface area contributed by atoms with Gasteiger partial charge in [-0.25, -0.2) is 5.01 Å². The van der Waals surface area contributed by atoms with Crippen LogP contribution in [0.4, 0.5) is 0 Å². The number of hydrogen-bond acceptors (Lipinski definition) is 5. The first kappa shape index (κ1) is 22.7. The lowest BCUT2D eigenvalue weighted by Gasteiger charge is -2.35. The topological polar surface area (TPSA) is 84.0 Å². The summed E-state index contributed by atoms with van der Waals surface area (Å²) in [5.41, 5.74) is 0.417. The highest BCUT2D eigenvalue weighted by Gasteiger charge is 2.52. The Morgan fingerprint density at radius 2 is 1.58 bits per heavy atom. The minimum atomic E-state index is -1.14. The standard InChI is InChI=1S/C25H23ClN2O5/c1-15(22(29)16-11-13-17(33-2)14-12-16)27(25(32)20-9-5-6-10-21(20)26)28-23(30)18-7-3-4-8-19(18)24(28)31/h3-6,9-15,18-19H,7-8H2,1-2H3/t15-,18-,19+/m1/s1. The van der Waals surface area contributed by atoms with Crippen LogP contribution in [0.1, 0.15) is 40.5 Å². The highest BCUT2D eigenvalue weighted by Crippen LogP contribution is 2.37. The van der Waals surface area contributed by atoms with E-state index in [0.717, 1.165) is 10.0 Å². The zero-order valence-electron chi connectivity index (χ0n) is 18.2. The molecule has 0 spiro atoms. The molecule has 0 radical (unpaired) electrons. The zero-order chi connectivity index (χ0) is 23.7. The lowest BCUT2D eigenvalue weighted by Crippen LogP contribution is -2.56. The number of ketones is 1. The Morgan fingerprint density at radius 1 is 1.00 bits per heavy atom. The van der Waals surface area contributed by atoms with Crippen molar-refractivity contribution in [2.45, 2.75) is 25.8 Å². The van der Waals surface area contributed by atoms with Crippen molar-refractivity contribution in [2.24, 2.45) is 11.8 Å². The van der Waals surface area contributed by atoms with Crippen LogP contribution in [0, 0.1) is 11.8 Å². The molecule has 4 rings (SSSR count). The third kappa shape index (κ3) is 4.04. The summed E-state index contributed by atoms with van der Waals surface area (Å²) in [5, 5.41) is 1.99. The molecule has 1 aliphatic heterocycles. The first-order chi connectivity index (χ1) is 15.8. The highest BCUT2D eigenvalue weighted by molar-refractivity contribution is 6.34. The van der Waals surface area contributed by atoms with Gasteiger partial charge >= 0.3 is 0 Å². The third-order valence-corrected chi connectivity index (χ3v) is 6.46. The fourth-order valence-corrected chi connectivity index (χ4v) is 4.52. The van der Waals surface area contributed by atoms with Gasteiger partial charge in [-0.15, -0.1) is 0 Å². The minimum absolute atomic E-state index is 0.0992. The predicted octanol–water partition coefficient (Wildman–Crippen LogP) is 3.93. The lowest BCUT2D eigenvalue weighted by molar-refractivity contribution is -0.156. The summed E-state index contributed by atoms with van der Waals surface area (Å²) < 4.78 is 5.14. The van der Waals surface area contributed by atoms with E-state index < -0.39 is 41.4 Å².